The number of anilines is 1. The zero-order valence-corrected chi connectivity index (χ0v) is 13.3. The number of hydrogen-bond donors (Lipinski definition) is 2. The third kappa shape index (κ3) is 1.92. The molecule has 8 heteroatoms. The van der Waals surface area contributed by atoms with Gasteiger partial charge >= 0.3 is 7.12 Å². The van der Waals surface area contributed by atoms with Crippen LogP contribution in [-0.4, -0.2) is 39.2 Å². The number of nitrogens with zero attached hydrogens (tertiary/aromatic N) is 4. The summed E-state index contributed by atoms with van der Waals surface area (Å²) in [5, 5.41) is 32.6. The van der Waals surface area contributed by atoms with Crippen LogP contribution in [0.4, 0.5) is 5.69 Å². The Morgan fingerprint density at radius 1 is 1.46 bits per heavy atom. The smallest absolute Gasteiger partial charge is 0.423 e. The van der Waals surface area contributed by atoms with Crippen molar-refractivity contribution in [2.24, 2.45) is 17.3 Å². The molecular weight excluding hydrogens is 307 g/mol. The van der Waals surface area contributed by atoms with Gasteiger partial charge in [0.05, 0.1) is 17.3 Å². The Bertz CT molecular complexity index is 870. The predicted octanol–water partition coefficient (Wildman–Crippen LogP) is -0.0832. The number of carbonyl (C=O) groups excluding carboxylic acids is 1. The van der Waals surface area contributed by atoms with Gasteiger partial charge in [0, 0.05) is 30.3 Å². The zero-order chi connectivity index (χ0) is 17.1. The molecule has 0 spiro atoms. The van der Waals surface area contributed by atoms with E-state index in [-0.39, 0.29) is 17.7 Å². The van der Waals surface area contributed by atoms with Crippen molar-refractivity contribution in [2.45, 2.75) is 19.8 Å². The molecule has 1 saturated heterocycles. The predicted molar refractivity (Wildman–Crippen MR) is 87.3 cm³/mol. The minimum atomic E-state index is -1.60. The van der Waals surface area contributed by atoms with Crippen LogP contribution in [0.5, 0.6) is 0 Å². The highest BCUT2D eigenvalue weighted by molar-refractivity contribution is 6.58. The molecule has 4 rings (SSSR count). The second kappa shape index (κ2) is 5.06. The maximum absolute atomic E-state index is 13.1. The summed E-state index contributed by atoms with van der Waals surface area (Å²) in [4.78, 5) is 14.8. The van der Waals surface area contributed by atoms with Crippen molar-refractivity contribution in [3.8, 4) is 6.07 Å². The number of nitriles is 1. The number of carbonyl (C=O) groups is 1. The van der Waals surface area contributed by atoms with E-state index in [2.05, 4.69) is 11.2 Å². The molecule has 0 bridgehead atoms. The Morgan fingerprint density at radius 3 is 2.83 bits per heavy atom. The Labute approximate surface area is 139 Å². The molecule has 2 aromatic heterocycles. The van der Waals surface area contributed by atoms with Crippen LogP contribution in [0.2, 0.25) is 0 Å². The molecule has 0 radical (unpaired) electrons. The first-order chi connectivity index (χ1) is 11.5. The largest absolute Gasteiger partial charge is 0.490 e. The lowest BCUT2D eigenvalue weighted by Gasteiger charge is -2.23. The van der Waals surface area contributed by atoms with Crippen molar-refractivity contribution in [1.82, 2.24) is 9.61 Å². The van der Waals surface area contributed by atoms with Crippen LogP contribution < -0.4 is 10.4 Å². The van der Waals surface area contributed by atoms with E-state index in [4.69, 9.17) is 0 Å². The zero-order valence-electron chi connectivity index (χ0n) is 13.3. The molecule has 24 heavy (non-hydrogen) atoms. The van der Waals surface area contributed by atoms with E-state index in [0.717, 1.165) is 12.8 Å². The summed E-state index contributed by atoms with van der Waals surface area (Å²) in [6, 6.07) is 5.65. The van der Waals surface area contributed by atoms with Crippen molar-refractivity contribution in [1.29, 1.82) is 5.26 Å². The summed E-state index contributed by atoms with van der Waals surface area (Å²) < 4.78 is 1.52. The fraction of sp³-hybridized carbons (Fsp3) is 0.438. The lowest BCUT2D eigenvalue weighted by Crippen LogP contribution is -2.37. The number of amides is 1. The van der Waals surface area contributed by atoms with Gasteiger partial charge in [0.2, 0.25) is 5.91 Å². The normalized spacial score (nSPS) is 26.8. The quantitative estimate of drug-likeness (QED) is 0.769. The van der Waals surface area contributed by atoms with Crippen molar-refractivity contribution in [3.63, 3.8) is 0 Å². The molecule has 0 aromatic carbocycles. The third-order valence-corrected chi connectivity index (χ3v) is 5.34. The standard InChI is InChI=1S/C16H17BN4O3/c1-10-7-20(15(22)16(10,9-18)11-2-3-11)13-4-5-19-21-8-12(17(23)24)6-14(13)21/h4-6,8,10-11,23-24H,2-3,7H2,1H3/t10-,16+/m1/s1. The van der Waals surface area contributed by atoms with E-state index >= 15 is 0 Å². The van der Waals surface area contributed by atoms with Gasteiger partial charge in [-0.15, -0.1) is 0 Å². The van der Waals surface area contributed by atoms with Crippen LogP contribution in [0.15, 0.2) is 24.5 Å². The molecule has 0 unspecified atom stereocenters. The fourth-order valence-electron chi connectivity index (χ4n) is 3.90. The number of hydrogen-bond acceptors (Lipinski definition) is 5. The van der Waals surface area contributed by atoms with Crippen LogP contribution >= 0.6 is 0 Å². The van der Waals surface area contributed by atoms with E-state index < -0.39 is 12.5 Å². The molecule has 1 saturated carbocycles. The van der Waals surface area contributed by atoms with Crippen molar-refractivity contribution in [3.05, 3.63) is 24.5 Å². The van der Waals surface area contributed by atoms with Gasteiger partial charge in [0.25, 0.3) is 0 Å². The molecule has 2 atom stereocenters. The minimum Gasteiger partial charge on any atom is -0.423 e. The van der Waals surface area contributed by atoms with Gasteiger partial charge in [-0.05, 0) is 30.9 Å². The molecular formula is C16H17BN4O3. The molecule has 1 aliphatic carbocycles. The number of fused-ring (bicyclic) bond motifs is 1. The maximum atomic E-state index is 13.1. The molecule has 2 N–H and O–H groups in total. The summed E-state index contributed by atoms with van der Waals surface area (Å²) >= 11 is 0. The van der Waals surface area contributed by atoms with Crippen LogP contribution in [0.25, 0.3) is 5.52 Å². The van der Waals surface area contributed by atoms with Gasteiger partial charge < -0.3 is 14.9 Å². The summed E-state index contributed by atoms with van der Waals surface area (Å²) in [6.45, 7) is 2.43. The van der Waals surface area contributed by atoms with E-state index in [9.17, 15) is 20.1 Å². The first kappa shape index (κ1) is 15.2. The SMILES string of the molecule is C[C@@H]1CN(c2ccnn3cc(B(O)O)cc23)C(=O)[C@]1(C#N)C1CC1. The van der Waals surface area contributed by atoms with Gasteiger partial charge in [-0.25, -0.2) is 4.52 Å². The molecule has 2 aromatic rings. The van der Waals surface area contributed by atoms with Gasteiger partial charge in [-0.2, -0.15) is 10.4 Å². The topological polar surface area (TPSA) is 102 Å². The van der Waals surface area contributed by atoms with Crippen LogP contribution in [0.1, 0.15) is 19.8 Å². The van der Waals surface area contributed by atoms with Gasteiger partial charge in [-0.3, -0.25) is 4.79 Å². The Hall–Kier alpha value is -2.37. The molecule has 7 nitrogen and oxygen atoms in total. The summed E-state index contributed by atoms with van der Waals surface area (Å²) in [7, 11) is -1.60. The van der Waals surface area contributed by atoms with E-state index in [1.54, 1.807) is 23.2 Å². The lowest BCUT2D eigenvalue weighted by molar-refractivity contribution is -0.124. The van der Waals surface area contributed by atoms with E-state index in [1.807, 2.05) is 6.92 Å². The summed E-state index contributed by atoms with van der Waals surface area (Å²) in [5.41, 5.74) is 0.632. The van der Waals surface area contributed by atoms with Gasteiger partial charge in [0.15, 0.2) is 0 Å². The lowest BCUT2D eigenvalue weighted by atomic mass is 9.75. The third-order valence-electron chi connectivity index (χ3n) is 5.34. The number of aromatic nitrogens is 2. The highest BCUT2D eigenvalue weighted by atomic mass is 16.4. The van der Waals surface area contributed by atoms with Crippen LogP contribution in [-0.2, 0) is 4.79 Å². The van der Waals surface area contributed by atoms with Gasteiger partial charge in [-0.1, -0.05) is 6.92 Å². The highest BCUT2D eigenvalue weighted by Gasteiger charge is 2.61. The molecule has 1 aliphatic heterocycles. The highest BCUT2D eigenvalue weighted by Crippen LogP contribution is 2.54. The monoisotopic (exact) mass is 324 g/mol. The van der Waals surface area contributed by atoms with Gasteiger partial charge in [0.1, 0.15) is 5.41 Å². The average Bonchev–Trinajstić information content (AvgIpc) is 3.24. The average molecular weight is 324 g/mol. The van der Waals surface area contributed by atoms with Crippen LogP contribution in [0.3, 0.4) is 0 Å². The summed E-state index contributed by atoms with van der Waals surface area (Å²) in [5.74, 6) is -0.0524. The first-order valence-electron chi connectivity index (χ1n) is 8.05. The first-order valence-corrected chi connectivity index (χ1v) is 8.05. The van der Waals surface area contributed by atoms with Crippen molar-refractivity contribution in [2.75, 3.05) is 11.4 Å². The van der Waals surface area contributed by atoms with E-state index in [0.29, 0.717) is 23.2 Å². The molecule has 2 fully saturated rings. The second-order valence-corrected chi connectivity index (χ2v) is 6.77. The second-order valence-electron chi connectivity index (χ2n) is 6.77. The fourth-order valence-corrected chi connectivity index (χ4v) is 3.90. The van der Waals surface area contributed by atoms with Crippen molar-refractivity contribution >= 4 is 29.7 Å². The molecule has 2 aliphatic rings. The Kier molecular flexibility index (Phi) is 3.20. The van der Waals surface area contributed by atoms with Crippen LogP contribution in [0, 0.1) is 28.6 Å². The minimum absolute atomic E-state index is 0.0476. The molecule has 3 heterocycles. The molecule has 1 amide bonds. The number of rotatable bonds is 3. The van der Waals surface area contributed by atoms with Crippen molar-refractivity contribution < 1.29 is 14.8 Å². The summed E-state index contributed by atoms with van der Waals surface area (Å²) in [6.07, 6.45) is 4.94. The Balaban J connectivity index is 1.81. The maximum Gasteiger partial charge on any atom is 0.490 e. The Morgan fingerprint density at radius 2 is 2.21 bits per heavy atom. The van der Waals surface area contributed by atoms with E-state index in [1.165, 1.54) is 10.7 Å². The molecule has 122 valence electrons.